The van der Waals surface area contributed by atoms with Gasteiger partial charge in [-0.1, -0.05) is 13.5 Å². The Balaban J connectivity index is 1.75. The van der Waals surface area contributed by atoms with E-state index in [-0.39, 0.29) is 5.91 Å². The third kappa shape index (κ3) is 2.23. The minimum atomic E-state index is 0.0802. The summed E-state index contributed by atoms with van der Waals surface area (Å²) >= 11 is 0. The highest BCUT2D eigenvalue weighted by molar-refractivity contribution is 5.87. The molecule has 2 fully saturated rings. The molecule has 15 heavy (non-hydrogen) atoms. The van der Waals surface area contributed by atoms with Crippen LogP contribution in [0.15, 0.2) is 12.7 Å². The number of rotatable bonds is 2. The summed E-state index contributed by atoms with van der Waals surface area (Å²) in [7, 11) is 0. The Morgan fingerprint density at radius 2 is 1.93 bits per heavy atom. The van der Waals surface area contributed by atoms with Crippen LogP contribution in [-0.2, 0) is 4.79 Å². The van der Waals surface area contributed by atoms with E-state index in [2.05, 4.69) is 18.4 Å². The third-order valence-corrected chi connectivity index (χ3v) is 3.68. The summed E-state index contributed by atoms with van der Waals surface area (Å²) in [5.41, 5.74) is 0. The number of carbonyl (C=O) groups excluding carboxylic acids is 1. The van der Waals surface area contributed by atoms with Crippen LogP contribution in [-0.4, -0.2) is 47.9 Å². The van der Waals surface area contributed by atoms with E-state index in [0.29, 0.717) is 6.04 Å². The number of nitrogens with zero attached hydrogens (tertiary/aromatic N) is 2. The van der Waals surface area contributed by atoms with E-state index in [4.69, 9.17) is 0 Å². The minimum Gasteiger partial charge on any atom is -0.336 e. The Morgan fingerprint density at radius 3 is 2.47 bits per heavy atom. The van der Waals surface area contributed by atoms with E-state index in [1.807, 2.05) is 4.90 Å². The monoisotopic (exact) mass is 208 g/mol. The molecule has 0 aliphatic carbocycles. The molecule has 2 aliphatic rings. The smallest absolute Gasteiger partial charge is 0.246 e. The van der Waals surface area contributed by atoms with Crippen LogP contribution in [0, 0.1) is 5.92 Å². The molecule has 0 aromatic rings. The van der Waals surface area contributed by atoms with E-state index in [1.54, 1.807) is 0 Å². The molecule has 3 nitrogen and oxygen atoms in total. The lowest BCUT2D eigenvalue weighted by molar-refractivity contribution is -0.133. The van der Waals surface area contributed by atoms with Crippen LogP contribution in [0.1, 0.15) is 19.8 Å². The lowest BCUT2D eigenvalue weighted by Gasteiger charge is -2.47. The van der Waals surface area contributed by atoms with Gasteiger partial charge < -0.3 is 4.90 Å². The average molecular weight is 208 g/mol. The lowest BCUT2D eigenvalue weighted by Crippen LogP contribution is -2.61. The number of hydrogen-bond acceptors (Lipinski definition) is 2. The Hall–Kier alpha value is -0.830. The maximum Gasteiger partial charge on any atom is 0.246 e. The highest BCUT2D eigenvalue weighted by atomic mass is 16.2. The number of piperidine rings is 1. The summed E-state index contributed by atoms with van der Waals surface area (Å²) in [6, 6.07) is 0.612. The molecule has 0 N–H and O–H groups in total. The van der Waals surface area contributed by atoms with Crippen molar-refractivity contribution >= 4 is 5.91 Å². The van der Waals surface area contributed by atoms with Crippen LogP contribution in [0.3, 0.4) is 0 Å². The van der Waals surface area contributed by atoms with Gasteiger partial charge in [0.25, 0.3) is 0 Å². The SMILES string of the molecule is C=CC(=O)N1CC(N2CCC(C)CC2)C1. The van der Waals surface area contributed by atoms with Gasteiger partial charge in [0, 0.05) is 19.1 Å². The number of carbonyl (C=O) groups is 1. The van der Waals surface area contributed by atoms with Crippen LogP contribution in [0.5, 0.6) is 0 Å². The summed E-state index contributed by atoms with van der Waals surface area (Å²) in [5, 5.41) is 0. The van der Waals surface area contributed by atoms with Crippen molar-refractivity contribution in [2.45, 2.75) is 25.8 Å². The molecule has 3 heteroatoms. The second kappa shape index (κ2) is 4.35. The summed E-state index contributed by atoms with van der Waals surface area (Å²) in [6.45, 7) is 10.1. The molecule has 84 valence electrons. The number of likely N-dealkylation sites (tertiary alicyclic amines) is 2. The summed E-state index contributed by atoms with van der Waals surface area (Å²) in [4.78, 5) is 15.7. The van der Waals surface area contributed by atoms with E-state index < -0.39 is 0 Å². The maximum absolute atomic E-state index is 11.3. The molecule has 2 aliphatic heterocycles. The molecule has 0 aromatic carbocycles. The number of hydrogen-bond donors (Lipinski definition) is 0. The fourth-order valence-electron chi connectivity index (χ4n) is 2.39. The minimum absolute atomic E-state index is 0.0802. The highest BCUT2D eigenvalue weighted by Gasteiger charge is 2.34. The van der Waals surface area contributed by atoms with E-state index in [1.165, 1.54) is 32.0 Å². The molecule has 0 bridgehead atoms. The van der Waals surface area contributed by atoms with Gasteiger partial charge in [-0.25, -0.2) is 0 Å². The van der Waals surface area contributed by atoms with Gasteiger partial charge in [-0.3, -0.25) is 9.69 Å². The van der Waals surface area contributed by atoms with Gasteiger partial charge in [0.05, 0.1) is 0 Å². The molecule has 2 rings (SSSR count). The van der Waals surface area contributed by atoms with Crippen molar-refractivity contribution in [2.24, 2.45) is 5.92 Å². The molecule has 1 amide bonds. The van der Waals surface area contributed by atoms with Gasteiger partial charge in [-0.2, -0.15) is 0 Å². The van der Waals surface area contributed by atoms with Gasteiger partial charge in [0.2, 0.25) is 5.91 Å². The van der Waals surface area contributed by atoms with Crippen LogP contribution < -0.4 is 0 Å². The molecule has 0 spiro atoms. The Labute approximate surface area is 91.7 Å². The van der Waals surface area contributed by atoms with Crippen molar-refractivity contribution < 1.29 is 4.79 Å². The van der Waals surface area contributed by atoms with Crippen molar-refractivity contribution in [3.8, 4) is 0 Å². The van der Waals surface area contributed by atoms with E-state index in [9.17, 15) is 4.79 Å². The predicted octanol–water partition coefficient (Wildman–Crippen LogP) is 1.12. The van der Waals surface area contributed by atoms with Gasteiger partial charge >= 0.3 is 0 Å². The molecule has 0 unspecified atom stereocenters. The molecule has 0 aromatic heterocycles. The highest BCUT2D eigenvalue weighted by Crippen LogP contribution is 2.22. The predicted molar refractivity (Wildman–Crippen MR) is 60.5 cm³/mol. The van der Waals surface area contributed by atoms with Crippen LogP contribution in [0.2, 0.25) is 0 Å². The summed E-state index contributed by atoms with van der Waals surface area (Å²) in [6.07, 6.45) is 4.03. The second-order valence-corrected chi connectivity index (χ2v) is 4.82. The first-order chi connectivity index (χ1) is 7.20. The molecule has 2 heterocycles. The van der Waals surface area contributed by atoms with Crippen molar-refractivity contribution in [3.63, 3.8) is 0 Å². The van der Waals surface area contributed by atoms with E-state index in [0.717, 1.165) is 19.0 Å². The summed E-state index contributed by atoms with van der Waals surface area (Å²) in [5.74, 6) is 0.962. The molecule has 0 atom stereocenters. The second-order valence-electron chi connectivity index (χ2n) is 4.82. The van der Waals surface area contributed by atoms with Crippen LogP contribution >= 0.6 is 0 Å². The normalized spacial score (nSPS) is 25.0. The fourth-order valence-corrected chi connectivity index (χ4v) is 2.39. The lowest BCUT2D eigenvalue weighted by atomic mass is 9.96. The topological polar surface area (TPSA) is 23.6 Å². The van der Waals surface area contributed by atoms with Gasteiger partial charge in [-0.05, 0) is 37.9 Å². The fraction of sp³-hybridized carbons (Fsp3) is 0.750. The molecule has 2 saturated heterocycles. The largest absolute Gasteiger partial charge is 0.336 e. The zero-order valence-electron chi connectivity index (χ0n) is 9.48. The first-order valence-electron chi connectivity index (χ1n) is 5.86. The van der Waals surface area contributed by atoms with Gasteiger partial charge in [0.1, 0.15) is 0 Å². The zero-order valence-corrected chi connectivity index (χ0v) is 9.48. The Morgan fingerprint density at radius 1 is 1.33 bits per heavy atom. The zero-order chi connectivity index (χ0) is 10.8. The standard InChI is InChI=1S/C12H20N2O/c1-3-12(15)14-8-11(9-14)13-6-4-10(2)5-7-13/h3,10-11H,1,4-9H2,2H3. The number of amides is 1. The van der Waals surface area contributed by atoms with Gasteiger partial charge in [0.15, 0.2) is 0 Å². The quantitative estimate of drug-likeness (QED) is 0.635. The Bertz CT molecular complexity index is 250. The van der Waals surface area contributed by atoms with Crippen LogP contribution in [0.4, 0.5) is 0 Å². The summed E-state index contributed by atoms with van der Waals surface area (Å²) < 4.78 is 0. The maximum atomic E-state index is 11.3. The first kappa shape index (κ1) is 10.7. The molecular weight excluding hydrogens is 188 g/mol. The first-order valence-corrected chi connectivity index (χ1v) is 5.86. The third-order valence-electron chi connectivity index (χ3n) is 3.68. The van der Waals surface area contributed by atoms with Crippen molar-refractivity contribution in [1.82, 2.24) is 9.80 Å². The van der Waals surface area contributed by atoms with Crippen molar-refractivity contribution in [3.05, 3.63) is 12.7 Å². The molecule has 0 saturated carbocycles. The molecular formula is C12H20N2O. The van der Waals surface area contributed by atoms with Crippen molar-refractivity contribution in [2.75, 3.05) is 26.2 Å². The van der Waals surface area contributed by atoms with Gasteiger partial charge in [-0.15, -0.1) is 0 Å². The Kier molecular flexibility index (Phi) is 3.10. The average Bonchev–Trinajstić information content (AvgIpc) is 2.18. The van der Waals surface area contributed by atoms with Crippen molar-refractivity contribution in [1.29, 1.82) is 0 Å². The van der Waals surface area contributed by atoms with E-state index >= 15 is 0 Å². The molecule has 0 radical (unpaired) electrons. The van der Waals surface area contributed by atoms with Crippen LogP contribution in [0.25, 0.3) is 0 Å².